The Bertz CT molecular complexity index is 557. The van der Waals surface area contributed by atoms with Crippen LogP contribution in [0.25, 0.3) is 0 Å². The number of hydrogen-bond donors (Lipinski definition) is 1. The Morgan fingerprint density at radius 1 is 1.33 bits per heavy atom. The minimum absolute atomic E-state index is 0.0737. The molecule has 112 valence electrons. The molecule has 1 N–H and O–H groups in total. The van der Waals surface area contributed by atoms with E-state index in [4.69, 9.17) is 9.84 Å². The monoisotopic (exact) mass is 289 g/mol. The number of aliphatic hydroxyl groups is 1. The number of carbonyl (C=O) groups excluding carboxylic acids is 2. The minimum atomic E-state index is -0.427. The van der Waals surface area contributed by atoms with Crippen molar-refractivity contribution in [2.45, 2.75) is 13.8 Å². The molecule has 0 aliphatic carbocycles. The van der Waals surface area contributed by atoms with Gasteiger partial charge in [0.2, 0.25) is 0 Å². The van der Waals surface area contributed by atoms with Crippen LogP contribution in [-0.4, -0.2) is 48.2 Å². The highest BCUT2D eigenvalue weighted by Gasteiger charge is 2.17. The average Bonchev–Trinajstić information content (AvgIpc) is 2.50. The summed E-state index contributed by atoms with van der Waals surface area (Å²) in [6.07, 6.45) is 0. The molecule has 1 aromatic rings. The molecule has 0 radical (unpaired) electrons. The minimum Gasteiger partial charge on any atom is -0.465 e. The zero-order valence-corrected chi connectivity index (χ0v) is 12.3. The lowest BCUT2D eigenvalue weighted by Gasteiger charge is -2.19. The molecule has 0 saturated carbocycles. The van der Waals surface area contributed by atoms with E-state index in [1.54, 1.807) is 38.1 Å². The third kappa shape index (κ3) is 5.28. The van der Waals surface area contributed by atoms with Crippen LogP contribution in [0.4, 0.5) is 0 Å². The lowest BCUT2D eigenvalue weighted by atomic mass is 10.1. The van der Waals surface area contributed by atoms with Crippen LogP contribution < -0.4 is 0 Å². The number of aliphatic hydroxyl groups excluding tert-OH is 1. The molecule has 0 unspecified atom stereocenters. The predicted molar refractivity (Wildman–Crippen MR) is 78.6 cm³/mol. The van der Waals surface area contributed by atoms with Gasteiger partial charge in [0.05, 0.1) is 6.61 Å². The van der Waals surface area contributed by atoms with Crippen molar-refractivity contribution in [2.24, 2.45) is 0 Å². The second-order valence-corrected chi connectivity index (χ2v) is 4.17. The molecule has 1 rings (SSSR count). The molecule has 0 bridgehead atoms. The molecular weight excluding hydrogens is 270 g/mol. The summed E-state index contributed by atoms with van der Waals surface area (Å²) in [7, 11) is 0. The van der Waals surface area contributed by atoms with Gasteiger partial charge in [-0.3, -0.25) is 9.59 Å². The normalized spacial score (nSPS) is 9.48. The van der Waals surface area contributed by atoms with Gasteiger partial charge < -0.3 is 14.7 Å². The van der Waals surface area contributed by atoms with E-state index in [2.05, 4.69) is 11.8 Å². The molecule has 5 nitrogen and oxygen atoms in total. The van der Waals surface area contributed by atoms with Crippen molar-refractivity contribution in [3.05, 3.63) is 35.4 Å². The van der Waals surface area contributed by atoms with Crippen molar-refractivity contribution < 1.29 is 19.4 Å². The van der Waals surface area contributed by atoms with E-state index in [1.165, 1.54) is 4.90 Å². The highest BCUT2D eigenvalue weighted by atomic mass is 16.5. The summed E-state index contributed by atoms with van der Waals surface area (Å²) in [6, 6.07) is 6.77. The quantitative estimate of drug-likeness (QED) is 0.650. The largest absolute Gasteiger partial charge is 0.465 e. The summed E-state index contributed by atoms with van der Waals surface area (Å²) in [5, 5.41) is 8.68. The van der Waals surface area contributed by atoms with E-state index in [-0.39, 0.29) is 25.7 Å². The van der Waals surface area contributed by atoms with Gasteiger partial charge in [-0.2, -0.15) is 0 Å². The molecular formula is C16H19NO4. The fourth-order valence-electron chi connectivity index (χ4n) is 1.74. The van der Waals surface area contributed by atoms with Gasteiger partial charge in [0.25, 0.3) is 5.91 Å². The highest BCUT2D eigenvalue weighted by molar-refractivity contribution is 5.96. The van der Waals surface area contributed by atoms with Crippen molar-refractivity contribution >= 4 is 11.9 Å². The SMILES string of the molecule is CCOC(=O)CN(CC)C(=O)c1cccc(C#CCO)c1. The number of nitrogens with zero attached hydrogens (tertiary/aromatic N) is 1. The van der Waals surface area contributed by atoms with Crippen molar-refractivity contribution in [2.75, 3.05) is 26.3 Å². The number of rotatable bonds is 5. The molecule has 0 aliphatic rings. The summed E-state index contributed by atoms with van der Waals surface area (Å²) < 4.78 is 4.85. The third-order valence-corrected chi connectivity index (χ3v) is 2.72. The van der Waals surface area contributed by atoms with Crippen molar-refractivity contribution in [1.29, 1.82) is 0 Å². The van der Waals surface area contributed by atoms with E-state index < -0.39 is 5.97 Å². The molecule has 5 heteroatoms. The van der Waals surface area contributed by atoms with Crippen molar-refractivity contribution in [3.8, 4) is 11.8 Å². The molecule has 0 atom stereocenters. The zero-order chi connectivity index (χ0) is 15.7. The number of esters is 1. The Hall–Kier alpha value is -2.32. The van der Waals surface area contributed by atoms with Gasteiger partial charge in [-0.25, -0.2) is 0 Å². The van der Waals surface area contributed by atoms with E-state index >= 15 is 0 Å². The van der Waals surface area contributed by atoms with Gasteiger partial charge in [0.1, 0.15) is 13.2 Å². The summed E-state index contributed by atoms with van der Waals surface area (Å²) in [5.41, 5.74) is 1.09. The van der Waals surface area contributed by atoms with E-state index in [0.29, 0.717) is 17.7 Å². The van der Waals surface area contributed by atoms with E-state index in [1.807, 2.05) is 0 Å². The number of hydrogen-bond acceptors (Lipinski definition) is 4. The fraction of sp³-hybridized carbons (Fsp3) is 0.375. The summed E-state index contributed by atoms with van der Waals surface area (Å²) in [5.74, 6) is 4.60. The maximum Gasteiger partial charge on any atom is 0.325 e. The van der Waals surface area contributed by atoms with Gasteiger partial charge in [0, 0.05) is 17.7 Å². The van der Waals surface area contributed by atoms with Crippen LogP contribution >= 0.6 is 0 Å². The molecule has 1 aromatic carbocycles. The second kappa shape index (κ2) is 8.77. The first-order valence-electron chi connectivity index (χ1n) is 6.77. The first-order valence-corrected chi connectivity index (χ1v) is 6.77. The van der Waals surface area contributed by atoms with Crippen molar-refractivity contribution in [3.63, 3.8) is 0 Å². The standard InChI is InChI=1S/C16H19NO4/c1-3-17(12-15(19)21-4-2)16(20)14-9-5-7-13(11-14)8-6-10-18/h5,7,9,11,18H,3-4,10,12H2,1-2H3. The Labute approximate surface area is 124 Å². The van der Waals surface area contributed by atoms with Gasteiger partial charge in [0.15, 0.2) is 0 Å². The van der Waals surface area contributed by atoms with E-state index in [0.717, 1.165) is 0 Å². The molecule has 0 spiro atoms. The smallest absolute Gasteiger partial charge is 0.325 e. The Kier molecular flexibility index (Phi) is 6.99. The first-order chi connectivity index (χ1) is 10.1. The van der Waals surface area contributed by atoms with Gasteiger partial charge in [-0.05, 0) is 32.0 Å². The Morgan fingerprint density at radius 2 is 2.10 bits per heavy atom. The topological polar surface area (TPSA) is 66.8 Å². The maximum atomic E-state index is 12.4. The summed E-state index contributed by atoms with van der Waals surface area (Å²) in [6.45, 7) is 3.91. The molecule has 21 heavy (non-hydrogen) atoms. The number of benzene rings is 1. The van der Waals surface area contributed by atoms with Crippen LogP contribution in [0.5, 0.6) is 0 Å². The molecule has 0 aromatic heterocycles. The number of likely N-dealkylation sites (N-methyl/N-ethyl adjacent to an activating group) is 1. The fourth-order valence-corrected chi connectivity index (χ4v) is 1.74. The molecule has 0 aliphatic heterocycles. The third-order valence-electron chi connectivity index (χ3n) is 2.72. The number of amides is 1. The molecule has 0 fully saturated rings. The van der Waals surface area contributed by atoms with Crippen LogP contribution in [0.1, 0.15) is 29.8 Å². The summed E-state index contributed by atoms with van der Waals surface area (Å²) in [4.78, 5) is 25.3. The zero-order valence-electron chi connectivity index (χ0n) is 12.3. The van der Waals surface area contributed by atoms with Crippen LogP contribution in [0, 0.1) is 11.8 Å². The molecule has 0 heterocycles. The molecule has 0 saturated heterocycles. The van der Waals surface area contributed by atoms with E-state index in [9.17, 15) is 9.59 Å². The maximum absolute atomic E-state index is 12.4. The van der Waals surface area contributed by atoms with Crippen LogP contribution in [0.2, 0.25) is 0 Å². The lowest BCUT2D eigenvalue weighted by Crippen LogP contribution is -2.36. The van der Waals surface area contributed by atoms with Crippen LogP contribution in [0.15, 0.2) is 24.3 Å². The number of carbonyl (C=O) groups is 2. The lowest BCUT2D eigenvalue weighted by molar-refractivity contribution is -0.143. The van der Waals surface area contributed by atoms with Gasteiger partial charge >= 0.3 is 5.97 Å². The summed E-state index contributed by atoms with van der Waals surface area (Å²) >= 11 is 0. The second-order valence-electron chi connectivity index (χ2n) is 4.17. The Balaban J connectivity index is 2.87. The predicted octanol–water partition coefficient (Wildman–Crippen LogP) is 1.06. The van der Waals surface area contributed by atoms with Crippen LogP contribution in [0.3, 0.4) is 0 Å². The van der Waals surface area contributed by atoms with Gasteiger partial charge in [-0.1, -0.05) is 17.9 Å². The van der Waals surface area contributed by atoms with Gasteiger partial charge in [-0.15, -0.1) is 0 Å². The number of ether oxygens (including phenoxy) is 1. The highest BCUT2D eigenvalue weighted by Crippen LogP contribution is 2.08. The molecule has 1 amide bonds. The van der Waals surface area contributed by atoms with Crippen molar-refractivity contribution in [1.82, 2.24) is 4.90 Å². The first kappa shape index (κ1) is 16.7. The van der Waals surface area contributed by atoms with Crippen LogP contribution in [-0.2, 0) is 9.53 Å². The average molecular weight is 289 g/mol. The Morgan fingerprint density at radius 3 is 2.71 bits per heavy atom.